The number of thiazole rings is 1. The van der Waals surface area contributed by atoms with Gasteiger partial charge in [-0.05, 0) is 23.8 Å². The van der Waals surface area contributed by atoms with E-state index in [1.54, 1.807) is 29.4 Å². The summed E-state index contributed by atoms with van der Waals surface area (Å²) in [5.74, 6) is -2.61. The number of morpholine rings is 1. The quantitative estimate of drug-likeness (QED) is 0.256. The van der Waals surface area contributed by atoms with E-state index in [2.05, 4.69) is 4.98 Å². The molecule has 200 valence electrons. The number of benzene rings is 1. The van der Waals surface area contributed by atoms with Crippen molar-refractivity contribution in [2.45, 2.75) is 22.7 Å². The van der Waals surface area contributed by atoms with Gasteiger partial charge in [-0.1, -0.05) is 29.2 Å². The fourth-order valence-corrected chi connectivity index (χ4v) is 7.97. The van der Waals surface area contributed by atoms with Gasteiger partial charge in [0.25, 0.3) is 5.69 Å². The monoisotopic (exact) mass is 567 g/mol. The van der Waals surface area contributed by atoms with Gasteiger partial charge in [0.15, 0.2) is 0 Å². The average molecular weight is 568 g/mol. The molecule has 0 radical (unpaired) electrons. The van der Waals surface area contributed by atoms with E-state index in [9.17, 15) is 29.3 Å². The van der Waals surface area contributed by atoms with Crippen LogP contribution in [-0.2, 0) is 25.7 Å². The van der Waals surface area contributed by atoms with E-state index in [4.69, 9.17) is 4.74 Å². The van der Waals surface area contributed by atoms with Gasteiger partial charge in [-0.2, -0.15) is 0 Å². The Kier molecular flexibility index (Phi) is 6.53. The number of rotatable bonds is 5. The second-order valence-electron chi connectivity index (χ2n) is 9.23. The van der Waals surface area contributed by atoms with E-state index in [0.29, 0.717) is 41.8 Å². The Balaban J connectivity index is 1.40. The zero-order chi connectivity index (χ0) is 27.3. The molecule has 5 heterocycles. The van der Waals surface area contributed by atoms with Crippen molar-refractivity contribution in [3.8, 4) is 0 Å². The van der Waals surface area contributed by atoms with E-state index < -0.39 is 33.8 Å². The summed E-state index contributed by atoms with van der Waals surface area (Å²) in [5.41, 5.74) is 0.751. The van der Waals surface area contributed by atoms with Crippen molar-refractivity contribution < 1.29 is 24.0 Å². The Morgan fingerprint density at radius 2 is 1.85 bits per heavy atom. The summed E-state index contributed by atoms with van der Waals surface area (Å²) in [7, 11) is 0. The van der Waals surface area contributed by atoms with Crippen LogP contribution in [0.5, 0.6) is 0 Å². The molecule has 0 N–H and O–H groups in total. The number of nitro groups is 1. The van der Waals surface area contributed by atoms with Crippen LogP contribution in [0.15, 0.2) is 58.6 Å². The Hall–Kier alpha value is -3.88. The number of nitro benzene ring substituents is 1. The summed E-state index contributed by atoms with van der Waals surface area (Å²) in [6.45, 7) is 1.56. The lowest BCUT2D eigenvalue weighted by atomic mass is 9.84. The summed E-state index contributed by atoms with van der Waals surface area (Å²) >= 11 is 2.09. The smallest absolute Gasteiger partial charge is 0.308 e. The maximum atomic E-state index is 13.8. The van der Waals surface area contributed by atoms with Crippen LogP contribution in [0, 0.1) is 16.0 Å². The molecule has 2 aromatic heterocycles. The van der Waals surface area contributed by atoms with Crippen LogP contribution in [0.25, 0.3) is 0 Å². The number of hydrogen-bond donors (Lipinski definition) is 0. The lowest BCUT2D eigenvalue weighted by Crippen LogP contribution is -2.43. The van der Waals surface area contributed by atoms with Crippen LogP contribution in [-0.4, -0.2) is 68.6 Å². The van der Waals surface area contributed by atoms with E-state index in [0.717, 1.165) is 28.0 Å². The number of pyridine rings is 1. The molecule has 14 heteroatoms. The number of hydrogen-bond acceptors (Lipinski definition) is 10. The summed E-state index contributed by atoms with van der Waals surface area (Å²) in [5, 5.41) is 10.7. The number of imide groups is 1. The highest BCUT2D eigenvalue weighted by Crippen LogP contribution is 2.53. The van der Waals surface area contributed by atoms with Gasteiger partial charge in [0, 0.05) is 48.4 Å². The molecule has 3 aromatic rings. The SMILES string of the molecule is O=C(Cn1c2c(sc1=O)[C@@H](c1cccnc1)[C@H]1C(=O)N(c3ccc([N+](=O)[O-])cc3)C(=O)[C@H]1S2)N1CCOCC1. The van der Waals surface area contributed by atoms with Gasteiger partial charge in [0.1, 0.15) is 11.8 Å². The Morgan fingerprint density at radius 3 is 2.51 bits per heavy atom. The number of nitrogens with zero attached hydrogens (tertiary/aromatic N) is 5. The van der Waals surface area contributed by atoms with Crippen molar-refractivity contribution >= 4 is 52.2 Å². The molecule has 0 bridgehead atoms. The molecule has 3 aliphatic heterocycles. The van der Waals surface area contributed by atoms with Crippen molar-refractivity contribution in [3.63, 3.8) is 0 Å². The van der Waals surface area contributed by atoms with E-state index >= 15 is 0 Å². The number of carbonyl (C=O) groups excluding carboxylic acids is 3. The molecule has 3 amide bonds. The summed E-state index contributed by atoms with van der Waals surface area (Å²) in [6.07, 6.45) is 3.21. The maximum absolute atomic E-state index is 13.8. The molecule has 3 atom stereocenters. The van der Waals surface area contributed by atoms with Gasteiger partial charge in [-0.15, -0.1) is 0 Å². The number of aromatic nitrogens is 2. The van der Waals surface area contributed by atoms with Crippen molar-refractivity contribution in [2.75, 3.05) is 31.2 Å². The first-order valence-corrected chi connectivity index (χ1v) is 13.8. The van der Waals surface area contributed by atoms with Gasteiger partial charge in [0.05, 0.1) is 34.8 Å². The summed E-state index contributed by atoms with van der Waals surface area (Å²) in [6, 6.07) is 8.77. The van der Waals surface area contributed by atoms with Crippen LogP contribution in [0.4, 0.5) is 11.4 Å². The third kappa shape index (κ3) is 4.33. The highest BCUT2D eigenvalue weighted by molar-refractivity contribution is 8.00. The average Bonchev–Trinajstić information content (AvgIpc) is 3.40. The maximum Gasteiger partial charge on any atom is 0.308 e. The highest BCUT2D eigenvalue weighted by atomic mass is 32.2. The molecule has 0 saturated carbocycles. The predicted molar refractivity (Wildman–Crippen MR) is 141 cm³/mol. The molecule has 0 spiro atoms. The van der Waals surface area contributed by atoms with Crippen molar-refractivity contribution in [1.29, 1.82) is 0 Å². The third-order valence-corrected chi connectivity index (χ3v) is 9.67. The van der Waals surface area contributed by atoms with E-state index in [1.165, 1.54) is 28.8 Å². The standard InChI is InChI=1S/C25H21N5O7S2/c31-17(27-8-10-37-11-9-27)13-28-24-21(39-25(28)34)18(14-2-1-7-26-12-14)19-20(38-24)23(33)29(22(19)32)15-3-5-16(6-4-15)30(35)36/h1-7,12,18-20H,8-11,13H2/t18-,19+,20-/m0/s1. The van der Waals surface area contributed by atoms with Crippen molar-refractivity contribution in [2.24, 2.45) is 5.92 Å². The van der Waals surface area contributed by atoms with Gasteiger partial charge in [-0.25, -0.2) is 4.90 Å². The molecular formula is C25H21N5O7S2. The number of anilines is 1. The molecule has 0 unspecified atom stereocenters. The molecule has 6 rings (SSSR count). The number of non-ortho nitro benzene ring substituents is 1. The zero-order valence-corrected chi connectivity index (χ0v) is 21.9. The first-order valence-electron chi connectivity index (χ1n) is 12.1. The van der Waals surface area contributed by atoms with Gasteiger partial charge in [-0.3, -0.25) is 38.8 Å². The summed E-state index contributed by atoms with van der Waals surface area (Å²) < 4.78 is 6.72. The van der Waals surface area contributed by atoms with Crippen LogP contribution in [0.1, 0.15) is 16.4 Å². The normalized spacial score (nSPS) is 22.5. The van der Waals surface area contributed by atoms with E-state index in [1.807, 2.05) is 0 Å². The topological polar surface area (TPSA) is 145 Å². The number of carbonyl (C=O) groups is 3. The largest absolute Gasteiger partial charge is 0.378 e. The van der Waals surface area contributed by atoms with Crippen molar-refractivity contribution in [1.82, 2.24) is 14.5 Å². The fourth-order valence-electron chi connectivity index (χ4n) is 5.20. The second-order valence-corrected chi connectivity index (χ2v) is 11.4. The number of fused-ring (bicyclic) bond motifs is 2. The second kappa shape index (κ2) is 10.0. The first kappa shape index (κ1) is 25.4. The Labute approximate surface area is 229 Å². The molecule has 12 nitrogen and oxygen atoms in total. The summed E-state index contributed by atoms with van der Waals surface area (Å²) in [4.78, 5) is 71.5. The van der Waals surface area contributed by atoms with Gasteiger partial charge < -0.3 is 9.64 Å². The third-order valence-electron chi connectivity index (χ3n) is 7.07. The number of thioether (sulfide) groups is 1. The number of amides is 3. The van der Waals surface area contributed by atoms with Crippen LogP contribution in [0.3, 0.4) is 0 Å². The minimum atomic E-state index is -0.857. The van der Waals surface area contributed by atoms with Crippen LogP contribution >= 0.6 is 23.1 Å². The number of ether oxygens (including phenoxy) is 1. The Morgan fingerprint density at radius 1 is 1.10 bits per heavy atom. The Bertz CT molecular complexity index is 1530. The highest BCUT2D eigenvalue weighted by Gasteiger charge is 2.57. The van der Waals surface area contributed by atoms with E-state index in [-0.39, 0.29) is 28.7 Å². The van der Waals surface area contributed by atoms with Crippen molar-refractivity contribution in [3.05, 3.63) is 79.0 Å². The molecule has 1 aromatic carbocycles. The predicted octanol–water partition coefficient (Wildman–Crippen LogP) is 1.87. The van der Waals surface area contributed by atoms with Gasteiger partial charge in [0.2, 0.25) is 17.7 Å². The van der Waals surface area contributed by atoms with Crippen LogP contribution in [0.2, 0.25) is 0 Å². The zero-order valence-electron chi connectivity index (χ0n) is 20.3. The molecule has 39 heavy (non-hydrogen) atoms. The molecule has 0 aliphatic carbocycles. The minimum absolute atomic E-state index is 0.158. The van der Waals surface area contributed by atoms with Crippen LogP contribution < -0.4 is 9.77 Å². The molecular weight excluding hydrogens is 546 g/mol. The first-order chi connectivity index (χ1) is 18.8. The minimum Gasteiger partial charge on any atom is -0.378 e. The molecule has 2 fully saturated rings. The fraction of sp³-hybridized carbons (Fsp3) is 0.320. The lowest BCUT2D eigenvalue weighted by molar-refractivity contribution is -0.384. The van der Waals surface area contributed by atoms with Gasteiger partial charge >= 0.3 is 4.87 Å². The lowest BCUT2D eigenvalue weighted by Gasteiger charge is -2.31. The molecule has 3 aliphatic rings. The molecule has 2 saturated heterocycles.